The van der Waals surface area contributed by atoms with Gasteiger partial charge >= 0.3 is 0 Å². The van der Waals surface area contributed by atoms with Gasteiger partial charge in [0.15, 0.2) is 0 Å². The van der Waals surface area contributed by atoms with E-state index in [1.807, 2.05) is 0 Å². The van der Waals surface area contributed by atoms with Crippen molar-refractivity contribution in [3.8, 4) is 11.3 Å². The molecule has 0 bridgehead atoms. The molecule has 0 saturated carbocycles. The van der Waals surface area contributed by atoms with E-state index in [2.05, 4.69) is 62.5 Å². The molecule has 0 aliphatic heterocycles. The van der Waals surface area contributed by atoms with E-state index in [0.29, 0.717) is 6.04 Å². The second-order valence-electron chi connectivity index (χ2n) is 4.59. The highest BCUT2D eigenvalue weighted by Gasteiger charge is 2.12. The van der Waals surface area contributed by atoms with Gasteiger partial charge in [0.25, 0.3) is 0 Å². The fraction of sp³-hybridized carbons (Fsp3) is 0.375. The molecule has 1 unspecified atom stereocenters. The van der Waals surface area contributed by atoms with Crippen molar-refractivity contribution in [2.75, 3.05) is 6.54 Å². The number of hydrogen-bond acceptors (Lipinski definition) is 2. The van der Waals surface area contributed by atoms with Crippen LogP contribution >= 0.6 is 0 Å². The van der Waals surface area contributed by atoms with Gasteiger partial charge in [-0.2, -0.15) is 0 Å². The average Bonchev–Trinajstić information content (AvgIpc) is 2.86. The zero-order valence-electron chi connectivity index (χ0n) is 11.4. The lowest BCUT2D eigenvalue weighted by Crippen LogP contribution is -2.19. The van der Waals surface area contributed by atoms with E-state index >= 15 is 0 Å². The van der Waals surface area contributed by atoms with Crippen LogP contribution in [0.2, 0.25) is 0 Å². The monoisotopic (exact) mass is 243 g/mol. The lowest BCUT2D eigenvalue weighted by atomic mass is 10.1. The van der Waals surface area contributed by atoms with Crippen molar-refractivity contribution in [2.24, 2.45) is 0 Å². The Labute approximate surface area is 109 Å². The molecule has 0 amide bonds. The highest BCUT2D eigenvalue weighted by atomic mass is 16.3. The van der Waals surface area contributed by atoms with Crippen LogP contribution in [0.4, 0.5) is 0 Å². The minimum atomic E-state index is 0.314. The third-order valence-electron chi connectivity index (χ3n) is 3.17. The van der Waals surface area contributed by atoms with E-state index in [0.717, 1.165) is 30.0 Å². The number of nitrogens with one attached hydrogen (secondary N) is 1. The van der Waals surface area contributed by atoms with Gasteiger partial charge in [-0.1, -0.05) is 43.7 Å². The number of rotatable bonds is 5. The summed E-state index contributed by atoms with van der Waals surface area (Å²) in [6, 6.07) is 12.9. The molecule has 1 aromatic heterocycles. The maximum Gasteiger partial charge on any atom is 0.134 e. The molecule has 1 heterocycles. The first-order valence-corrected chi connectivity index (χ1v) is 6.64. The van der Waals surface area contributed by atoms with E-state index < -0.39 is 0 Å². The molecular weight excluding hydrogens is 222 g/mol. The Morgan fingerprint density at radius 3 is 2.39 bits per heavy atom. The largest absolute Gasteiger partial charge is 0.459 e. The van der Waals surface area contributed by atoms with E-state index in [1.165, 1.54) is 5.56 Å². The molecule has 0 saturated heterocycles. The molecule has 0 radical (unpaired) electrons. The van der Waals surface area contributed by atoms with E-state index in [4.69, 9.17) is 4.42 Å². The molecule has 0 fully saturated rings. The molecule has 1 N–H and O–H groups in total. The number of hydrogen-bond donors (Lipinski definition) is 1. The summed E-state index contributed by atoms with van der Waals surface area (Å²) in [7, 11) is 0. The van der Waals surface area contributed by atoms with E-state index in [1.54, 1.807) is 0 Å². The molecule has 96 valence electrons. The second kappa shape index (κ2) is 5.87. The van der Waals surface area contributed by atoms with E-state index in [-0.39, 0.29) is 0 Å². The summed E-state index contributed by atoms with van der Waals surface area (Å²) in [5, 5.41) is 3.43. The van der Waals surface area contributed by atoms with Crippen LogP contribution in [0.25, 0.3) is 11.3 Å². The van der Waals surface area contributed by atoms with Crippen LogP contribution < -0.4 is 5.32 Å². The Hall–Kier alpha value is -1.54. The average molecular weight is 243 g/mol. The van der Waals surface area contributed by atoms with Gasteiger partial charge in [0.2, 0.25) is 0 Å². The predicted octanol–water partition coefficient (Wildman–Crippen LogP) is 4.32. The Balaban J connectivity index is 2.21. The molecule has 2 heteroatoms. The maximum absolute atomic E-state index is 5.95. The fourth-order valence-corrected chi connectivity index (χ4v) is 2.11. The minimum Gasteiger partial charge on any atom is -0.459 e. The predicted molar refractivity (Wildman–Crippen MR) is 75.6 cm³/mol. The Bertz CT molecular complexity index is 484. The molecule has 1 atom stereocenters. The molecule has 2 aromatic rings. The Morgan fingerprint density at radius 1 is 1.06 bits per heavy atom. The van der Waals surface area contributed by atoms with Gasteiger partial charge in [-0.3, -0.25) is 0 Å². The normalized spacial score (nSPS) is 12.6. The number of benzene rings is 1. The lowest BCUT2D eigenvalue weighted by Gasteiger charge is -2.12. The second-order valence-corrected chi connectivity index (χ2v) is 4.59. The van der Waals surface area contributed by atoms with Crippen molar-refractivity contribution in [3.05, 3.63) is 47.7 Å². The first-order valence-electron chi connectivity index (χ1n) is 6.64. The van der Waals surface area contributed by atoms with Crippen molar-refractivity contribution in [1.82, 2.24) is 5.32 Å². The van der Waals surface area contributed by atoms with Crippen LogP contribution in [-0.2, 0) is 0 Å². The summed E-state index contributed by atoms with van der Waals surface area (Å²) >= 11 is 0. The molecule has 1 aromatic carbocycles. The zero-order chi connectivity index (χ0) is 13.0. The van der Waals surface area contributed by atoms with Gasteiger partial charge in [-0.05, 0) is 32.0 Å². The quantitative estimate of drug-likeness (QED) is 0.846. The van der Waals surface area contributed by atoms with Crippen LogP contribution in [0.3, 0.4) is 0 Å². The van der Waals surface area contributed by atoms with Gasteiger partial charge in [0, 0.05) is 5.56 Å². The summed E-state index contributed by atoms with van der Waals surface area (Å²) in [5.74, 6) is 1.97. The molecule has 0 aliphatic carbocycles. The smallest absolute Gasteiger partial charge is 0.134 e. The minimum absolute atomic E-state index is 0.314. The van der Waals surface area contributed by atoms with Crippen molar-refractivity contribution < 1.29 is 4.42 Å². The molecule has 2 rings (SSSR count). The highest BCUT2D eigenvalue weighted by molar-refractivity contribution is 5.57. The van der Waals surface area contributed by atoms with Gasteiger partial charge in [0.1, 0.15) is 11.5 Å². The SMILES string of the molecule is CCNC(CC)c1ccc(-c2ccc(C)cc2)o1. The Kier molecular flexibility index (Phi) is 4.21. The van der Waals surface area contributed by atoms with Crippen LogP contribution in [0.1, 0.15) is 37.6 Å². The standard InChI is InChI=1S/C16H21NO/c1-4-14(17-5-2)16-11-10-15(18-16)13-8-6-12(3)7-9-13/h6-11,14,17H,4-5H2,1-3H3. The molecular formula is C16H21NO. The maximum atomic E-state index is 5.95. The highest BCUT2D eigenvalue weighted by Crippen LogP contribution is 2.26. The summed E-state index contributed by atoms with van der Waals surface area (Å²) in [4.78, 5) is 0. The summed E-state index contributed by atoms with van der Waals surface area (Å²) in [5.41, 5.74) is 2.41. The van der Waals surface area contributed by atoms with Crippen molar-refractivity contribution in [3.63, 3.8) is 0 Å². The van der Waals surface area contributed by atoms with Crippen molar-refractivity contribution >= 4 is 0 Å². The first kappa shape index (κ1) is 12.9. The van der Waals surface area contributed by atoms with Crippen LogP contribution in [0, 0.1) is 6.92 Å². The first-order chi connectivity index (χ1) is 8.74. The van der Waals surface area contributed by atoms with Crippen LogP contribution in [-0.4, -0.2) is 6.54 Å². The van der Waals surface area contributed by atoms with Gasteiger partial charge in [-0.25, -0.2) is 0 Å². The molecule has 18 heavy (non-hydrogen) atoms. The van der Waals surface area contributed by atoms with Crippen molar-refractivity contribution in [1.29, 1.82) is 0 Å². The third-order valence-corrected chi connectivity index (χ3v) is 3.17. The molecule has 2 nitrogen and oxygen atoms in total. The summed E-state index contributed by atoms with van der Waals surface area (Å²) < 4.78 is 5.95. The van der Waals surface area contributed by atoms with Crippen LogP contribution in [0.15, 0.2) is 40.8 Å². The van der Waals surface area contributed by atoms with E-state index in [9.17, 15) is 0 Å². The number of aryl methyl sites for hydroxylation is 1. The zero-order valence-corrected chi connectivity index (χ0v) is 11.4. The molecule has 0 aliphatic rings. The topological polar surface area (TPSA) is 25.2 Å². The fourth-order valence-electron chi connectivity index (χ4n) is 2.11. The van der Waals surface area contributed by atoms with Crippen molar-refractivity contribution in [2.45, 2.75) is 33.2 Å². The number of furan rings is 1. The third kappa shape index (κ3) is 2.82. The van der Waals surface area contributed by atoms with Crippen LogP contribution in [0.5, 0.6) is 0 Å². The Morgan fingerprint density at radius 2 is 1.78 bits per heavy atom. The van der Waals surface area contributed by atoms with Gasteiger partial charge in [-0.15, -0.1) is 0 Å². The van der Waals surface area contributed by atoms with Gasteiger partial charge < -0.3 is 9.73 Å². The lowest BCUT2D eigenvalue weighted by molar-refractivity contribution is 0.417. The summed E-state index contributed by atoms with van der Waals surface area (Å²) in [6.45, 7) is 7.34. The molecule has 0 spiro atoms. The van der Waals surface area contributed by atoms with Gasteiger partial charge in [0.05, 0.1) is 6.04 Å². The summed E-state index contributed by atoms with van der Waals surface area (Å²) in [6.07, 6.45) is 1.04.